The second-order valence-electron chi connectivity index (χ2n) is 2.99. The van der Waals surface area contributed by atoms with E-state index >= 15 is 0 Å². The predicted molar refractivity (Wildman–Crippen MR) is 46.8 cm³/mol. The molecule has 0 aromatic carbocycles. The fourth-order valence-corrected chi connectivity index (χ4v) is 1.31. The third kappa shape index (κ3) is 1.87. The normalized spacial score (nSPS) is 13.3. The van der Waals surface area contributed by atoms with Gasteiger partial charge in [0.15, 0.2) is 0 Å². The van der Waals surface area contributed by atoms with Gasteiger partial charge in [0.25, 0.3) is 0 Å². The Morgan fingerprint density at radius 2 is 2.25 bits per heavy atom. The minimum absolute atomic E-state index is 0.104. The second kappa shape index (κ2) is 3.74. The van der Waals surface area contributed by atoms with Crippen LogP contribution in [0.3, 0.4) is 0 Å². The lowest BCUT2D eigenvalue weighted by Gasteiger charge is -2.07. The molecule has 68 valence electrons. The molecule has 0 saturated heterocycles. The number of hydrogen-bond donors (Lipinski definition) is 2. The van der Waals surface area contributed by atoms with Gasteiger partial charge in [0, 0.05) is 18.2 Å². The SMILES string of the molecule is Cc1cc(C(N)CCO)c(C)o1. The molecule has 1 atom stereocenters. The molecule has 3 heteroatoms. The van der Waals surface area contributed by atoms with Gasteiger partial charge in [-0.3, -0.25) is 0 Å². The molecule has 0 aliphatic heterocycles. The lowest BCUT2D eigenvalue weighted by molar-refractivity contribution is 0.276. The number of rotatable bonds is 3. The van der Waals surface area contributed by atoms with E-state index in [1.807, 2.05) is 19.9 Å². The smallest absolute Gasteiger partial charge is 0.105 e. The molecule has 0 fully saturated rings. The van der Waals surface area contributed by atoms with Gasteiger partial charge in [0.2, 0.25) is 0 Å². The Balaban J connectivity index is 2.79. The molecule has 1 aromatic heterocycles. The van der Waals surface area contributed by atoms with Gasteiger partial charge >= 0.3 is 0 Å². The van der Waals surface area contributed by atoms with Crippen molar-refractivity contribution in [1.82, 2.24) is 0 Å². The molecular weight excluding hydrogens is 154 g/mol. The summed E-state index contributed by atoms with van der Waals surface area (Å²) in [4.78, 5) is 0. The Kier molecular flexibility index (Phi) is 2.89. The molecule has 3 N–H and O–H groups in total. The van der Waals surface area contributed by atoms with Crippen molar-refractivity contribution in [1.29, 1.82) is 0 Å². The van der Waals surface area contributed by atoms with E-state index in [4.69, 9.17) is 15.3 Å². The van der Waals surface area contributed by atoms with Crippen LogP contribution in [-0.4, -0.2) is 11.7 Å². The minimum atomic E-state index is -0.104. The first-order valence-corrected chi connectivity index (χ1v) is 4.08. The van der Waals surface area contributed by atoms with E-state index < -0.39 is 0 Å². The maximum Gasteiger partial charge on any atom is 0.105 e. The van der Waals surface area contributed by atoms with Crippen LogP contribution in [0.1, 0.15) is 29.5 Å². The Labute approximate surface area is 72.2 Å². The molecule has 0 bridgehead atoms. The number of furan rings is 1. The molecule has 1 rings (SSSR count). The molecule has 0 amide bonds. The van der Waals surface area contributed by atoms with Crippen LogP contribution in [0.4, 0.5) is 0 Å². The summed E-state index contributed by atoms with van der Waals surface area (Å²) < 4.78 is 5.32. The zero-order valence-electron chi connectivity index (χ0n) is 7.50. The summed E-state index contributed by atoms with van der Waals surface area (Å²) in [7, 11) is 0. The number of aliphatic hydroxyl groups is 1. The van der Waals surface area contributed by atoms with Gasteiger partial charge in [-0.05, 0) is 26.3 Å². The van der Waals surface area contributed by atoms with Gasteiger partial charge in [-0.15, -0.1) is 0 Å². The second-order valence-corrected chi connectivity index (χ2v) is 2.99. The van der Waals surface area contributed by atoms with Crippen LogP contribution in [-0.2, 0) is 0 Å². The predicted octanol–water partition coefficient (Wildman–Crippen LogP) is 1.28. The van der Waals surface area contributed by atoms with Crippen molar-refractivity contribution in [2.45, 2.75) is 26.3 Å². The van der Waals surface area contributed by atoms with Crippen molar-refractivity contribution in [2.75, 3.05) is 6.61 Å². The Morgan fingerprint density at radius 1 is 1.58 bits per heavy atom. The van der Waals surface area contributed by atoms with Crippen LogP contribution in [0, 0.1) is 13.8 Å². The molecular formula is C9H15NO2. The zero-order valence-corrected chi connectivity index (χ0v) is 7.50. The lowest BCUT2D eigenvalue weighted by atomic mass is 10.1. The maximum atomic E-state index is 8.69. The topological polar surface area (TPSA) is 59.4 Å². The molecule has 3 nitrogen and oxygen atoms in total. The number of aryl methyl sites for hydroxylation is 2. The lowest BCUT2D eigenvalue weighted by Crippen LogP contribution is -2.11. The highest BCUT2D eigenvalue weighted by molar-refractivity contribution is 5.23. The Bertz CT molecular complexity index is 255. The first-order valence-electron chi connectivity index (χ1n) is 4.08. The fraction of sp³-hybridized carbons (Fsp3) is 0.556. The fourth-order valence-electron chi connectivity index (χ4n) is 1.31. The van der Waals surface area contributed by atoms with Gasteiger partial charge < -0.3 is 15.3 Å². The molecule has 0 radical (unpaired) electrons. The minimum Gasteiger partial charge on any atom is -0.466 e. The molecule has 0 aliphatic carbocycles. The summed E-state index contributed by atoms with van der Waals surface area (Å²) in [5.41, 5.74) is 6.80. The van der Waals surface area contributed by atoms with Crippen molar-refractivity contribution >= 4 is 0 Å². The first-order chi connectivity index (χ1) is 5.65. The van der Waals surface area contributed by atoms with Crippen LogP contribution in [0.5, 0.6) is 0 Å². The monoisotopic (exact) mass is 169 g/mol. The van der Waals surface area contributed by atoms with Gasteiger partial charge in [-0.2, -0.15) is 0 Å². The van der Waals surface area contributed by atoms with Crippen molar-refractivity contribution < 1.29 is 9.52 Å². The highest BCUT2D eigenvalue weighted by atomic mass is 16.3. The largest absolute Gasteiger partial charge is 0.466 e. The van der Waals surface area contributed by atoms with Crippen LogP contribution >= 0.6 is 0 Å². The van der Waals surface area contributed by atoms with Crippen molar-refractivity contribution in [2.24, 2.45) is 5.73 Å². The molecule has 1 heterocycles. The van der Waals surface area contributed by atoms with E-state index in [2.05, 4.69) is 0 Å². The van der Waals surface area contributed by atoms with Crippen LogP contribution in [0.2, 0.25) is 0 Å². The zero-order chi connectivity index (χ0) is 9.14. The van der Waals surface area contributed by atoms with E-state index in [1.54, 1.807) is 0 Å². The standard InChI is InChI=1S/C9H15NO2/c1-6-5-8(7(2)12-6)9(10)3-4-11/h5,9,11H,3-4,10H2,1-2H3. The Hall–Kier alpha value is -0.800. The van der Waals surface area contributed by atoms with Crippen LogP contribution in [0.25, 0.3) is 0 Å². The molecule has 0 saturated carbocycles. The van der Waals surface area contributed by atoms with E-state index in [0.717, 1.165) is 17.1 Å². The van der Waals surface area contributed by atoms with Crippen molar-refractivity contribution in [3.8, 4) is 0 Å². The quantitative estimate of drug-likeness (QED) is 0.716. The number of aliphatic hydroxyl groups excluding tert-OH is 1. The summed E-state index contributed by atoms with van der Waals surface area (Å²) in [6.45, 7) is 3.90. The molecule has 0 spiro atoms. The third-order valence-electron chi connectivity index (χ3n) is 1.92. The van der Waals surface area contributed by atoms with Crippen molar-refractivity contribution in [3.05, 3.63) is 23.2 Å². The molecule has 0 aliphatic rings. The maximum absolute atomic E-state index is 8.69. The molecule has 12 heavy (non-hydrogen) atoms. The summed E-state index contributed by atoms with van der Waals surface area (Å²) >= 11 is 0. The van der Waals surface area contributed by atoms with E-state index in [0.29, 0.717) is 6.42 Å². The van der Waals surface area contributed by atoms with Gasteiger partial charge in [0.1, 0.15) is 11.5 Å². The summed E-state index contributed by atoms with van der Waals surface area (Å²) in [6, 6.07) is 1.82. The van der Waals surface area contributed by atoms with Crippen molar-refractivity contribution in [3.63, 3.8) is 0 Å². The summed E-state index contributed by atoms with van der Waals surface area (Å²) in [5.74, 6) is 1.73. The van der Waals surface area contributed by atoms with Crippen LogP contribution in [0.15, 0.2) is 10.5 Å². The van der Waals surface area contributed by atoms with Crippen LogP contribution < -0.4 is 5.73 Å². The Morgan fingerprint density at radius 3 is 2.67 bits per heavy atom. The first kappa shape index (κ1) is 9.29. The summed E-state index contributed by atoms with van der Waals surface area (Å²) in [5, 5.41) is 8.69. The molecule has 1 aromatic rings. The average Bonchev–Trinajstić information content (AvgIpc) is 2.30. The van der Waals surface area contributed by atoms with Gasteiger partial charge in [-0.25, -0.2) is 0 Å². The van der Waals surface area contributed by atoms with E-state index in [9.17, 15) is 0 Å². The molecule has 1 unspecified atom stereocenters. The van der Waals surface area contributed by atoms with Gasteiger partial charge in [-0.1, -0.05) is 0 Å². The summed E-state index contributed by atoms with van der Waals surface area (Å²) in [6.07, 6.45) is 0.583. The number of nitrogens with two attached hydrogens (primary N) is 1. The third-order valence-corrected chi connectivity index (χ3v) is 1.92. The van der Waals surface area contributed by atoms with E-state index in [-0.39, 0.29) is 12.6 Å². The number of hydrogen-bond acceptors (Lipinski definition) is 3. The average molecular weight is 169 g/mol. The highest BCUT2D eigenvalue weighted by Gasteiger charge is 2.11. The highest BCUT2D eigenvalue weighted by Crippen LogP contribution is 2.21. The van der Waals surface area contributed by atoms with E-state index in [1.165, 1.54) is 0 Å². The van der Waals surface area contributed by atoms with Gasteiger partial charge in [0.05, 0.1) is 0 Å².